The Hall–Kier alpha value is -3.68. The summed E-state index contributed by atoms with van der Waals surface area (Å²) in [6.45, 7) is 1.56. The predicted molar refractivity (Wildman–Crippen MR) is 137 cm³/mol. The molecule has 9 heteroatoms. The van der Waals surface area contributed by atoms with Gasteiger partial charge in [-0.05, 0) is 42.0 Å². The van der Waals surface area contributed by atoms with Crippen molar-refractivity contribution in [2.24, 2.45) is 0 Å². The molecule has 0 saturated heterocycles. The first-order valence-electron chi connectivity index (χ1n) is 11.1. The number of hydrogen-bond donors (Lipinski definition) is 1. The van der Waals surface area contributed by atoms with Crippen molar-refractivity contribution in [2.45, 2.75) is 19.9 Å². The van der Waals surface area contributed by atoms with Crippen molar-refractivity contribution in [1.29, 1.82) is 0 Å². The quantitative estimate of drug-likeness (QED) is 0.285. The van der Waals surface area contributed by atoms with Crippen LogP contribution in [0, 0.1) is 5.82 Å². The first kappa shape index (κ1) is 25.4. The van der Waals surface area contributed by atoms with Crippen LogP contribution in [0.15, 0.2) is 72.8 Å². The number of hydrogen-bond acceptors (Lipinski definition) is 4. The van der Waals surface area contributed by atoms with E-state index < -0.39 is 11.9 Å². The number of esters is 1. The molecule has 0 unspecified atom stereocenters. The first-order valence-corrected chi connectivity index (χ1v) is 11.9. The Labute approximate surface area is 217 Å². The minimum Gasteiger partial charge on any atom is -0.466 e. The molecular weight excluding hydrogens is 504 g/mol. The molecule has 0 spiro atoms. The molecule has 1 amide bonds. The lowest BCUT2D eigenvalue weighted by molar-refractivity contribution is -0.140. The van der Waals surface area contributed by atoms with Crippen LogP contribution in [-0.4, -0.2) is 28.3 Å². The van der Waals surface area contributed by atoms with Gasteiger partial charge >= 0.3 is 5.97 Å². The maximum absolute atomic E-state index is 13.3. The fourth-order valence-electron chi connectivity index (χ4n) is 3.74. The number of halogens is 3. The minimum absolute atomic E-state index is 0.0579. The zero-order valence-electron chi connectivity index (χ0n) is 19.3. The zero-order valence-corrected chi connectivity index (χ0v) is 20.8. The van der Waals surface area contributed by atoms with E-state index in [1.165, 1.54) is 19.1 Å². The van der Waals surface area contributed by atoms with Gasteiger partial charge in [-0.3, -0.25) is 9.59 Å². The van der Waals surface area contributed by atoms with Crippen LogP contribution in [0.5, 0.6) is 0 Å². The molecule has 0 bridgehead atoms. The van der Waals surface area contributed by atoms with Gasteiger partial charge in [0.1, 0.15) is 5.82 Å². The van der Waals surface area contributed by atoms with Crippen molar-refractivity contribution in [2.75, 3.05) is 6.61 Å². The maximum atomic E-state index is 13.3. The highest BCUT2D eigenvalue weighted by Gasteiger charge is 2.25. The van der Waals surface area contributed by atoms with Gasteiger partial charge in [-0.1, -0.05) is 59.6 Å². The first-order chi connectivity index (χ1) is 17.3. The number of amides is 1. The molecule has 1 heterocycles. The van der Waals surface area contributed by atoms with Crippen LogP contribution in [0.3, 0.4) is 0 Å². The molecule has 3 aromatic carbocycles. The molecule has 0 aliphatic rings. The van der Waals surface area contributed by atoms with E-state index in [2.05, 4.69) is 10.4 Å². The molecule has 0 atom stereocenters. The Balaban J connectivity index is 1.80. The third-order valence-corrected chi connectivity index (χ3v) is 5.99. The van der Waals surface area contributed by atoms with E-state index in [0.717, 1.165) is 11.1 Å². The van der Waals surface area contributed by atoms with Crippen LogP contribution in [0.1, 0.15) is 28.5 Å². The third kappa shape index (κ3) is 5.93. The fraction of sp³-hybridized carbons (Fsp3) is 0.148. The monoisotopic (exact) mass is 525 g/mol. The molecule has 0 aliphatic carbocycles. The highest BCUT2D eigenvalue weighted by Crippen LogP contribution is 2.33. The van der Waals surface area contributed by atoms with Gasteiger partial charge in [-0.25, -0.2) is 9.07 Å². The average Bonchev–Trinajstić information content (AvgIpc) is 3.23. The standard InChI is InChI=1S/C27H22Cl2FN3O3/c1-17(34)36-15-14-22-25(27(35)31-16-18-6-12-21(30)13-7-18)32-33(24-5-3-2-4-23(24)29)26(22)19-8-10-20(28)11-9-19/h2-13H,14-16H2,1H3,(H,31,35). The second-order valence-corrected chi connectivity index (χ2v) is 8.79. The molecule has 184 valence electrons. The Kier molecular flexibility index (Phi) is 8.03. The topological polar surface area (TPSA) is 73.2 Å². The number of benzene rings is 3. The highest BCUT2D eigenvalue weighted by molar-refractivity contribution is 6.32. The summed E-state index contributed by atoms with van der Waals surface area (Å²) in [5, 5.41) is 8.49. The van der Waals surface area contributed by atoms with E-state index in [-0.39, 0.29) is 31.1 Å². The number of aromatic nitrogens is 2. The van der Waals surface area contributed by atoms with Gasteiger partial charge in [-0.2, -0.15) is 5.10 Å². The SMILES string of the molecule is CC(=O)OCCc1c(C(=O)NCc2ccc(F)cc2)nn(-c2ccccc2Cl)c1-c1ccc(Cl)cc1. The molecule has 0 fully saturated rings. The van der Waals surface area contributed by atoms with Gasteiger partial charge < -0.3 is 10.1 Å². The molecule has 1 aromatic heterocycles. The normalized spacial score (nSPS) is 10.8. The molecule has 36 heavy (non-hydrogen) atoms. The Bertz CT molecular complexity index is 1390. The van der Waals surface area contributed by atoms with Gasteiger partial charge in [0.05, 0.1) is 23.0 Å². The number of rotatable bonds is 8. The lowest BCUT2D eigenvalue weighted by Gasteiger charge is -2.12. The molecule has 0 saturated carbocycles. The van der Waals surface area contributed by atoms with Crippen LogP contribution in [0.25, 0.3) is 16.9 Å². The zero-order chi connectivity index (χ0) is 25.7. The van der Waals surface area contributed by atoms with Crippen LogP contribution in [0.2, 0.25) is 10.0 Å². The van der Waals surface area contributed by atoms with E-state index in [9.17, 15) is 14.0 Å². The number of carbonyl (C=O) groups excluding carboxylic acids is 2. The number of ether oxygens (including phenoxy) is 1. The Morgan fingerprint density at radius 1 is 1.00 bits per heavy atom. The average molecular weight is 526 g/mol. The third-order valence-electron chi connectivity index (χ3n) is 5.42. The lowest BCUT2D eigenvalue weighted by Crippen LogP contribution is -2.24. The lowest BCUT2D eigenvalue weighted by atomic mass is 10.0. The van der Waals surface area contributed by atoms with Crippen LogP contribution in [0.4, 0.5) is 4.39 Å². The van der Waals surface area contributed by atoms with Gasteiger partial charge in [0.2, 0.25) is 0 Å². The number of para-hydroxylation sites is 1. The van der Waals surface area contributed by atoms with Gasteiger partial charge in [-0.15, -0.1) is 0 Å². The van der Waals surface area contributed by atoms with E-state index in [1.807, 2.05) is 18.2 Å². The van der Waals surface area contributed by atoms with E-state index in [4.69, 9.17) is 27.9 Å². The number of nitrogens with zero attached hydrogens (tertiary/aromatic N) is 2. The summed E-state index contributed by atoms with van der Waals surface area (Å²) in [5.41, 5.74) is 3.43. The van der Waals surface area contributed by atoms with Crippen LogP contribution < -0.4 is 5.32 Å². The highest BCUT2D eigenvalue weighted by atomic mass is 35.5. The van der Waals surface area contributed by atoms with Crippen LogP contribution >= 0.6 is 23.2 Å². The van der Waals surface area contributed by atoms with E-state index >= 15 is 0 Å². The fourth-order valence-corrected chi connectivity index (χ4v) is 4.08. The number of carbonyl (C=O) groups is 2. The molecule has 4 aromatic rings. The Morgan fingerprint density at radius 3 is 2.36 bits per heavy atom. The molecule has 1 N–H and O–H groups in total. The number of nitrogens with one attached hydrogen (secondary N) is 1. The molecule has 6 nitrogen and oxygen atoms in total. The van der Waals surface area contributed by atoms with Crippen molar-refractivity contribution in [1.82, 2.24) is 15.1 Å². The predicted octanol–water partition coefficient (Wildman–Crippen LogP) is 6.02. The van der Waals surface area contributed by atoms with Crippen LogP contribution in [-0.2, 0) is 22.5 Å². The van der Waals surface area contributed by atoms with Crippen molar-refractivity contribution < 1.29 is 18.7 Å². The van der Waals surface area contributed by atoms with E-state index in [1.54, 1.807) is 47.1 Å². The summed E-state index contributed by atoms with van der Waals surface area (Å²) in [6, 6.07) is 20.1. The molecule has 4 rings (SSSR count). The smallest absolute Gasteiger partial charge is 0.302 e. The van der Waals surface area contributed by atoms with E-state index in [0.29, 0.717) is 27.0 Å². The second-order valence-electron chi connectivity index (χ2n) is 7.95. The minimum atomic E-state index is -0.432. The largest absolute Gasteiger partial charge is 0.466 e. The maximum Gasteiger partial charge on any atom is 0.302 e. The van der Waals surface area contributed by atoms with Crippen molar-refractivity contribution in [3.63, 3.8) is 0 Å². The van der Waals surface area contributed by atoms with Crippen molar-refractivity contribution in [3.05, 3.63) is 105 Å². The molecule has 0 radical (unpaired) electrons. The van der Waals surface area contributed by atoms with Gasteiger partial charge in [0.15, 0.2) is 5.69 Å². The molecule has 0 aliphatic heterocycles. The van der Waals surface area contributed by atoms with Gasteiger partial charge in [0, 0.05) is 36.0 Å². The summed E-state index contributed by atoms with van der Waals surface area (Å²) in [5.74, 6) is -1.22. The van der Waals surface area contributed by atoms with Crippen molar-refractivity contribution in [3.8, 4) is 16.9 Å². The summed E-state index contributed by atoms with van der Waals surface area (Å²) >= 11 is 12.6. The Morgan fingerprint density at radius 2 is 1.69 bits per heavy atom. The summed E-state index contributed by atoms with van der Waals surface area (Å²) in [4.78, 5) is 24.8. The summed E-state index contributed by atoms with van der Waals surface area (Å²) in [7, 11) is 0. The summed E-state index contributed by atoms with van der Waals surface area (Å²) < 4.78 is 20.0. The summed E-state index contributed by atoms with van der Waals surface area (Å²) in [6.07, 6.45) is 0.237. The molecular formula is C27H22Cl2FN3O3. The van der Waals surface area contributed by atoms with Gasteiger partial charge in [0.25, 0.3) is 5.91 Å². The van der Waals surface area contributed by atoms with Crippen molar-refractivity contribution >= 4 is 35.1 Å². The second kappa shape index (κ2) is 11.4.